The van der Waals surface area contributed by atoms with E-state index in [9.17, 15) is 4.79 Å². The van der Waals surface area contributed by atoms with E-state index in [-0.39, 0.29) is 5.91 Å². The third kappa shape index (κ3) is 5.02. The molecule has 0 spiro atoms. The van der Waals surface area contributed by atoms with Crippen molar-refractivity contribution in [2.75, 3.05) is 6.54 Å². The van der Waals surface area contributed by atoms with E-state index in [2.05, 4.69) is 28.1 Å². The van der Waals surface area contributed by atoms with Crippen molar-refractivity contribution in [2.24, 2.45) is 0 Å². The molecule has 3 N–H and O–H groups in total. The van der Waals surface area contributed by atoms with Gasteiger partial charge in [-0.3, -0.25) is 15.6 Å². The lowest BCUT2D eigenvalue weighted by atomic mass is 10.1. The molecule has 0 fully saturated rings. The second-order valence-electron chi connectivity index (χ2n) is 6.09. The summed E-state index contributed by atoms with van der Waals surface area (Å²) in [4.78, 5) is 18.5. The normalized spacial score (nSPS) is 10.6. The topological polar surface area (TPSA) is 66.0 Å². The molecule has 0 unspecified atom stereocenters. The van der Waals surface area contributed by atoms with Crippen molar-refractivity contribution in [1.82, 2.24) is 21.2 Å². The van der Waals surface area contributed by atoms with Crippen molar-refractivity contribution >= 4 is 45.5 Å². The number of carbonyl (C=O) groups is 1. The van der Waals surface area contributed by atoms with E-state index in [1.807, 2.05) is 47.8 Å². The number of rotatable bonds is 6. The van der Waals surface area contributed by atoms with Gasteiger partial charge in [-0.25, -0.2) is 4.98 Å². The molecule has 0 aliphatic carbocycles. The predicted octanol–water partition coefficient (Wildman–Crippen LogP) is 4.26. The second-order valence-corrected chi connectivity index (χ2v) is 7.45. The fraction of sp³-hybridized carbons (Fsp3) is 0.250. The molecule has 2 heterocycles. The quantitative estimate of drug-likeness (QED) is 0.329. The highest BCUT2D eigenvalue weighted by molar-refractivity contribution is 7.80. The number of aromatic nitrogens is 1. The van der Waals surface area contributed by atoms with Crippen LogP contribution < -0.4 is 16.2 Å². The van der Waals surface area contributed by atoms with Gasteiger partial charge in [0, 0.05) is 11.9 Å². The second kappa shape index (κ2) is 9.43. The predicted molar refractivity (Wildman–Crippen MR) is 116 cm³/mol. The number of hydrogen-bond donors (Lipinski definition) is 3. The Bertz CT molecular complexity index is 925. The Morgan fingerprint density at radius 2 is 2.00 bits per heavy atom. The SMILES string of the molecule is CCCCCNC(=S)NNC(=O)c1cc(-c2cccs2)nc2ccccc12. The van der Waals surface area contributed by atoms with E-state index in [1.54, 1.807) is 11.3 Å². The van der Waals surface area contributed by atoms with Gasteiger partial charge in [-0.15, -0.1) is 11.3 Å². The van der Waals surface area contributed by atoms with Gasteiger partial charge in [0.25, 0.3) is 5.91 Å². The van der Waals surface area contributed by atoms with Crippen LogP contribution in [0.5, 0.6) is 0 Å². The van der Waals surface area contributed by atoms with Gasteiger partial charge in [0.15, 0.2) is 5.11 Å². The van der Waals surface area contributed by atoms with Gasteiger partial charge in [0.05, 0.1) is 21.7 Å². The minimum Gasteiger partial charge on any atom is -0.361 e. The fourth-order valence-electron chi connectivity index (χ4n) is 2.72. The highest BCUT2D eigenvalue weighted by Gasteiger charge is 2.14. The van der Waals surface area contributed by atoms with E-state index < -0.39 is 0 Å². The van der Waals surface area contributed by atoms with Gasteiger partial charge in [-0.1, -0.05) is 44.0 Å². The van der Waals surface area contributed by atoms with Crippen LogP contribution in [0.4, 0.5) is 0 Å². The number of nitrogens with one attached hydrogen (secondary N) is 3. The van der Waals surface area contributed by atoms with E-state index in [0.29, 0.717) is 10.7 Å². The summed E-state index contributed by atoms with van der Waals surface area (Å²) < 4.78 is 0. The van der Waals surface area contributed by atoms with Crippen LogP contribution in [0, 0.1) is 0 Å². The monoisotopic (exact) mass is 398 g/mol. The smallest absolute Gasteiger partial charge is 0.270 e. The Labute approximate surface area is 168 Å². The number of thiophene rings is 1. The van der Waals surface area contributed by atoms with Crippen LogP contribution in [0.15, 0.2) is 47.8 Å². The van der Waals surface area contributed by atoms with Gasteiger partial charge in [-0.2, -0.15) is 0 Å². The minimum absolute atomic E-state index is 0.246. The number of carbonyl (C=O) groups excluding carboxylic acids is 1. The third-order valence-corrected chi connectivity index (χ3v) is 5.23. The standard InChI is InChI=1S/C20H22N4OS2/c1-2-3-6-11-21-20(26)24-23-19(25)15-13-17(18-10-7-12-27-18)22-16-9-5-4-8-14(15)16/h4-5,7-10,12-13H,2-3,6,11H2,1H3,(H,23,25)(H2,21,24,26). The molecule has 0 aliphatic heterocycles. The molecule has 5 nitrogen and oxygen atoms in total. The van der Waals surface area contributed by atoms with Crippen LogP contribution >= 0.6 is 23.6 Å². The summed E-state index contributed by atoms with van der Waals surface area (Å²) in [5.41, 5.74) is 7.60. The molecular weight excluding hydrogens is 376 g/mol. The zero-order valence-corrected chi connectivity index (χ0v) is 16.8. The summed E-state index contributed by atoms with van der Waals surface area (Å²) >= 11 is 6.81. The lowest BCUT2D eigenvalue weighted by molar-refractivity contribution is 0.0945. The molecule has 2 aromatic heterocycles. The van der Waals surface area contributed by atoms with Gasteiger partial charge in [0.2, 0.25) is 0 Å². The Morgan fingerprint density at radius 3 is 2.78 bits per heavy atom. The molecule has 0 aliphatic rings. The Morgan fingerprint density at radius 1 is 1.15 bits per heavy atom. The van der Waals surface area contributed by atoms with Crippen LogP contribution in [0.1, 0.15) is 36.5 Å². The number of fused-ring (bicyclic) bond motifs is 1. The first-order valence-electron chi connectivity index (χ1n) is 8.97. The van der Waals surface area contributed by atoms with Gasteiger partial charge >= 0.3 is 0 Å². The number of pyridine rings is 1. The van der Waals surface area contributed by atoms with Gasteiger partial charge < -0.3 is 5.32 Å². The third-order valence-electron chi connectivity index (χ3n) is 4.09. The molecule has 140 valence electrons. The molecule has 0 atom stereocenters. The zero-order chi connectivity index (χ0) is 19.1. The van der Waals surface area contributed by atoms with E-state index in [1.165, 1.54) is 0 Å². The van der Waals surface area contributed by atoms with Crippen LogP contribution in [-0.4, -0.2) is 22.5 Å². The van der Waals surface area contributed by atoms with Crippen molar-refractivity contribution in [2.45, 2.75) is 26.2 Å². The van der Waals surface area contributed by atoms with E-state index >= 15 is 0 Å². The summed E-state index contributed by atoms with van der Waals surface area (Å²) in [7, 11) is 0. The number of unbranched alkanes of at least 4 members (excludes halogenated alkanes) is 2. The summed E-state index contributed by atoms with van der Waals surface area (Å²) in [6.07, 6.45) is 3.35. The van der Waals surface area contributed by atoms with Crippen molar-refractivity contribution < 1.29 is 4.79 Å². The van der Waals surface area contributed by atoms with Crippen molar-refractivity contribution in [3.63, 3.8) is 0 Å². The number of thiocarbonyl (C=S) groups is 1. The fourth-order valence-corrected chi connectivity index (χ4v) is 3.56. The first-order valence-corrected chi connectivity index (χ1v) is 10.3. The Kier molecular flexibility index (Phi) is 6.73. The molecule has 0 radical (unpaired) electrons. The molecule has 7 heteroatoms. The maximum absolute atomic E-state index is 12.8. The molecule has 1 aromatic carbocycles. The highest BCUT2D eigenvalue weighted by atomic mass is 32.1. The summed E-state index contributed by atoms with van der Waals surface area (Å²) in [6, 6.07) is 13.4. The number of benzene rings is 1. The number of hydrazine groups is 1. The van der Waals surface area contributed by atoms with Gasteiger partial charge in [0.1, 0.15) is 0 Å². The zero-order valence-electron chi connectivity index (χ0n) is 15.1. The Balaban J connectivity index is 1.75. The first-order chi connectivity index (χ1) is 13.2. The van der Waals surface area contributed by atoms with Crippen molar-refractivity contribution in [3.8, 4) is 10.6 Å². The summed E-state index contributed by atoms with van der Waals surface area (Å²) in [6.45, 7) is 2.94. The summed E-state index contributed by atoms with van der Waals surface area (Å²) in [5.74, 6) is -0.246. The highest BCUT2D eigenvalue weighted by Crippen LogP contribution is 2.27. The van der Waals surface area contributed by atoms with Crippen molar-refractivity contribution in [3.05, 3.63) is 53.4 Å². The van der Waals surface area contributed by atoms with E-state index in [0.717, 1.165) is 47.3 Å². The minimum atomic E-state index is -0.246. The van der Waals surface area contributed by atoms with Crippen LogP contribution in [0.2, 0.25) is 0 Å². The van der Waals surface area contributed by atoms with Crippen LogP contribution in [-0.2, 0) is 0 Å². The lowest BCUT2D eigenvalue weighted by Gasteiger charge is -2.13. The average molecular weight is 399 g/mol. The molecule has 0 saturated carbocycles. The molecule has 27 heavy (non-hydrogen) atoms. The molecule has 0 bridgehead atoms. The maximum Gasteiger partial charge on any atom is 0.270 e. The number of hydrogen-bond acceptors (Lipinski definition) is 4. The van der Waals surface area contributed by atoms with E-state index in [4.69, 9.17) is 12.2 Å². The lowest BCUT2D eigenvalue weighted by Crippen LogP contribution is -2.47. The molecule has 1 amide bonds. The number of nitrogens with zero attached hydrogens (tertiary/aromatic N) is 1. The van der Waals surface area contributed by atoms with Crippen molar-refractivity contribution in [1.29, 1.82) is 0 Å². The molecular formula is C20H22N4OS2. The largest absolute Gasteiger partial charge is 0.361 e. The maximum atomic E-state index is 12.8. The summed E-state index contributed by atoms with van der Waals surface area (Å²) in [5, 5.41) is 6.30. The molecule has 3 aromatic rings. The molecule has 3 rings (SSSR count). The Hall–Kier alpha value is -2.51. The van der Waals surface area contributed by atoms with Crippen LogP contribution in [0.25, 0.3) is 21.5 Å². The van der Waals surface area contributed by atoms with Gasteiger partial charge in [-0.05, 0) is 42.2 Å². The molecule has 0 saturated heterocycles. The number of amides is 1. The van der Waals surface area contributed by atoms with Crippen LogP contribution in [0.3, 0.4) is 0 Å². The number of para-hydroxylation sites is 1. The first kappa shape index (κ1) is 19.3. The average Bonchev–Trinajstić information content (AvgIpc) is 3.23.